The zero-order valence-corrected chi connectivity index (χ0v) is 13.7. The number of hydrogen-bond donors (Lipinski definition) is 1. The first-order valence-electron chi connectivity index (χ1n) is 8.38. The first kappa shape index (κ1) is 15.7. The lowest BCUT2D eigenvalue weighted by Gasteiger charge is -2.34. The molecule has 0 atom stereocenters. The fraction of sp³-hybridized carbons (Fsp3) is 0.250. The molecule has 25 heavy (non-hydrogen) atoms. The molecule has 128 valence electrons. The first-order valence-corrected chi connectivity index (χ1v) is 8.38. The molecule has 4 nitrogen and oxygen atoms in total. The topological polar surface area (TPSA) is 45.3 Å². The lowest BCUT2D eigenvalue weighted by atomic mass is 10.1. The second kappa shape index (κ2) is 6.59. The van der Waals surface area contributed by atoms with Gasteiger partial charge in [-0.05, 0) is 17.2 Å². The molecule has 1 fully saturated rings. The second-order valence-corrected chi connectivity index (χ2v) is 6.34. The quantitative estimate of drug-likeness (QED) is 0.774. The van der Waals surface area contributed by atoms with E-state index in [0.717, 1.165) is 27.8 Å². The van der Waals surface area contributed by atoms with Crippen LogP contribution >= 0.6 is 0 Å². The number of likely N-dealkylation sites (tertiary alicyclic amines) is 1. The Balaban J connectivity index is 1.50. The Morgan fingerprint density at radius 1 is 1.16 bits per heavy atom. The van der Waals surface area contributed by atoms with Crippen molar-refractivity contribution >= 4 is 16.8 Å². The molecule has 0 saturated carbocycles. The summed E-state index contributed by atoms with van der Waals surface area (Å²) in [5.74, 6) is 0.721. The van der Waals surface area contributed by atoms with Gasteiger partial charge in [-0.15, -0.1) is 0 Å². The maximum absolute atomic E-state index is 12.9. The van der Waals surface area contributed by atoms with E-state index in [1.54, 1.807) is 4.90 Å². The van der Waals surface area contributed by atoms with Gasteiger partial charge in [-0.25, -0.2) is 4.39 Å². The van der Waals surface area contributed by atoms with Crippen LogP contribution in [0.1, 0.15) is 11.1 Å². The van der Waals surface area contributed by atoms with Crippen LogP contribution in [0.2, 0.25) is 0 Å². The van der Waals surface area contributed by atoms with E-state index in [4.69, 9.17) is 4.74 Å². The third-order valence-electron chi connectivity index (χ3n) is 4.53. The van der Waals surface area contributed by atoms with Crippen LogP contribution in [0.25, 0.3) is 10.9 Å². The smallest absolute Gasteiger partial charge is 0.227 e. The molecular formula is C20H19FN2O2. The van der Waals surface area contributed by atoms with Crippen LogP contribution in [0.4, 0.5) is 4.39 Å². The van der Waals surface area contributed by atoms with Crippen molar-refractivity contribution in [3.63, 3.8) is 0 Å². The molecule has 0 aliphatic carbocycles. The van der Waals surface area contributed by atoms with Gasteiger partial charge < -0.3 is 14.6 Å². The zero-order chi connectivity index (χ0) is 17.2. The third kappa shape index (κ3) is 3.22. The minimum atomic E-state index is -0.870. The Hall–Kier alpha value is -2.82. The van der Waals surface area contributed by atoms with E-state index in [2.05, 4.69) is 4.98 Å². The highest BCUT2D eigenvalue weighted by atomic mass is 19.1. The Bertz CT molecular complexity index is 885. The predicted molar refractivity (Wildman–Crippen MR) is 94.3 cm³/mol. The molecule has 1 aliphatic rings. The number of aromatic amines is 1. The summed E-state index contributed by atoms with van der Waals surface area (Å²) in [5, 5.41) is 0.969. The summed E-state index contributed by atoms with van der Waals surface area (Å²) in [5.41, 5.74) is 2.89. The summed E-state index contributed by atoms with van der Waals surface area (Å²) >= 11 is 0. The highest BCUT2D eigenvalue weighted by molar-refractivity contribution is 5.92. The maximum atomic E-state index is 12.9. The van der Waals surface area contributed by atoms with Crippen LogP contribution in [0, 0.1) is 0 Å². The molecule has 3 aromatic rings. The van der Waals surface area contributed by atoms with Gasteiger partial charge in [-0.3, -0.25) is 4.79 Å². The second-order valence-electron chi connectivity index (χ2n) is 6.34. The van der Waals surface area contributed by atoms with Crippen molar-refractivity contribution in [1.82, 2.24) is 9.88 Å². The van der Waals surface area contributed by atoms with Crippen LogP contribution in [0.15, 0.2) is 54.7 Å². The van der Waals surface area contributed by atoms with E-state index >= 15 is 0 Å². The van der Waals surface area contributed by atoms with Gasteiger partial charge in [0.2, 0.25) is 5.91 Å². The van der Waals surface area contributed by atoms with E-state index in [1.165, 1.54) is 0 Å². The number of halogens is 1. The van der Waals surface area contributed by atoms with Gasteiger partial charge >= 0.3 is 0 Å². The Labute approximate surface area is 145 Å². The largest absolute Gasteiger partial charge is 0.487 e. The van der Waals surface area contributed by atoms with E-state index in [9.17, 15) is 9.18 Å². The van der Waals surface area contributed by atoms with Crippen LogP contribution < -0.4 is 4.74 Å². The fourth-order valence-corrected chi connectivity index (χ4v) is 3.09. The highest BCUT2D eigenvalue weighted by Gasteiger charge is 2.30. The van der Waals surface area contributed by atoms with Crippen molar-refractivity contribution in [2.75, 3.05) is 13.1 Å². The molecule has 1 amide bonds. The van der Waals surface area contributed by atoms with Crippen molar-refractivity contribution in [3.8, 4) is 5.75 Å². The van der Waals surface area contributed by atoms with Crippen LogP contribution in [0.5, 0.6) is 5.75 Å². The molecule has 4 rings (SSSR count). The molecule has 1 aliphatic heterocycles. The molecule has 0 bridgehead atoms. The minimum absolute atomic E-state index is 0.0367. The van der Waals surface area contributed by atoms with E-state index in [1.807, 2.05) is 54.7 Å². The number of fused-ring (bicyclic) bond motifs is 1. The van der Waals surface area contributed by atoms with Gasteiger partial charge in [0.15, 0.2) is 0 Å². The number of rotatable bonds is 5. The summed E-state index contributed by atoms with van der Waals surface area (Å²) in [7, 11) is 0. The number of ether oxygens (including phenoxy) is 1. The molecule has 0 radical (unpaired) electrons. The average molecular weight is 338 g/mol. The number of amides is 1. The molecule has 2 aromatic carbocycles. The Morgan fingerprint density at radius 3 is 2.72 bits per heavy atom. The molecule has 5 heteroatoms. The number of nitrogens with zero attached hydrogens (tertiary/aromatic N) is 1. The molecule has 0 unspecified atom stereocenters. The van der Waals surface area contributed by atoms with Gasteiger partial charge in [-0.2, -0.15) is 0 Å². The fourth-order valence-electron chi connectivity index (χ4n) is 3.09. The summed E-state index contributed by atoms with van der Waals surface area (Å²) in [4.78, 5) is 17.0. The van der Waals surface area contributed by atoms with E-state index < -0.39 is 6.17 Å². The highest BCUT2D eigenvalue weighted by Crippen LogP contribution is 2.28. The summed E-state index contributed by atoms with van der Waals surface area (Å²) in [6.45, 7) is 0.915. The van der Waals surface area contributed by atoms with Crippen LogP contribution in [-0.4, -0.2) is 35.1 Å². The van der Waals surface area contributed by atoms with Crippen molar-refractivity contribution in [1.29, 1.82) is 0 Å². The van der Waals surface area contributed by atoms with Crippen molar-refractivity contribution in [2.24, 2.45) is 0 Å². The first-order chi connectivity index (χ1) is 12.2. The number of aromatic nitrogens is 1. The van der Waals surface area contributed by atoms with Gasteiger partial charge in [0.1, 0.15) is 18.5 Å². The number of carbonyl (C=O) groups is 1. The number of para-hydroxylation sites is 1. The normalized spacial score (nSPS) is 14.5. The van der Waals surface area contributed by atoms with Gasteiger partial charge in [0.25, 0.3) is 0 Å². The lowest BCUT2D eigenvalue weighted by molar-refractivity contribution is -0.137. The third-order valence-corrected chi connectivity index (χ3v) is 4.53. The van der Waals surface area contributed by atoms with Gasteiger partial charge in [-0.1, -0.05) is 42.5 Å². The average Bonchev–Trinajstić information content (AvgIpc) is 3.01. The van der Waals surface area contributed by atoms with E-state index in [0.29, 0.717) is 6.61 Å². The number of benzene rings is 2. The van der Waals surface area contributed by atoms with Gasteiger partial charge in [0, 0.05) is 11.6 Å². The Morgan fingerprint density at radius 2 is 1.96 bits per heavy atom. The van der Waals surface area contributed by atoms with Crippen molar-refractivity contribution in [2.45, 2.75) is 19.2 Å². The van der Waals surface area contributed by atoms with Crippen LogP contribution in [-0.2, 0) is 17.8 Å². The predicted octanol–water partition coefficient (Wildman–Crippen LogP) is 3.47. The summed E-state index contributed by atoms with van der Waals surface area (Å²) < 4.78 is 18.9. The summed E-state index contributed by atoms with van der Waals surface area (Å²) in [6.07, 6.45) is 1.24. The minimum Gasteiger partial charge on any atom is -0.487 e. The lowest BCUT2D eigenvalue weighted by Crippen LogP contribution is -2.51. The molecule has 1 aromatic heterocycles. The zero-order valence-electron chi connectivity index (χ0n) is 13.7. The van der Waals surface area contributed by atoms with E-state index in [-0.39, 0.29) is 25.4 Å². The maximum Gasteiger partial charge on any atom is 0.227 e. The standard InChI is InChI=1S/C20H19FN2O2/c21-16-11-23(12-16)19(24)9-15-10-22-20-17(15)7-4-8-18(20)25-13-14-5-2-1-3-6-14/h1-8,10,16,22H,9,11-13H2. The number of H-pyrrole nitrogens is 1. The number of nitrogens with one attached hydrogen (secondary N) is 1. The van der Waals surface area contributed by atoms with Crippen molar-refractivity contribution in [3.05, 3.63) is 65.9 Å². The number of alkyl halides is 1. The molecule has 1 N–H and O–H groups in total. The molecule has 1 saturated heterocycles. The van der Waals surface area contributed by atoms with Crippen LogP contribution in [0.3, 0.4) is 0 Å². The Kier molecular flexibility index (Phi) is 4.14. The monoisotopic (exact) mass is 338 g/mol. The SMILES string of the molecule is O=C(Cc1c[nH]c2c(OCc3ccccc3)cccc12)N1CC(F)C1. The molecular weight excluding hydrogens is 319 g/mol. The van der Waals surface area contributed by atoms with Gasteiger partial charge in [0.05, 0.1) is 25.0 Å². The molecule has 2 heterocycles. The molecule has 0 spiro atoms. The number of carbonyl (C=O) groups excluding carboxylic acids is 1. The van der Waals surface area contributed by atoms with Crippen molar-refractivity contribution < 1.29 is 13.9 Å². The summed E-state index contributed by atoms with van der Waals surface area (Å²) in [6, 6.07) is 15.8. The number of hydrogen-bond acceptors (Lipinski definition) is 2.